The van der Waals surface area contributed by atoms with Crippen molar-refractivity contribution in [3.05, 3.63) is 0 Å². The van der Waals surface area contributed by atoms with Gasteiger partial charge in [0.05, 0.1) is 6.04 Å². The molecule has 4 nitrogen and oxygen atoms in total. The van der Waals surface area contributed by atoms with Crippen molar-refractivity contribution in [1.29, 1.82) is 0 Å². The lowest BCUT2D eigenvalue weighted by molar-refractivity contribution is -0.148. The number of piperidine rings is 1. The molecule has 0 saturated carbocycles. The van der Waals surface area contributed by atoms with Crippen LogP contribution in [0.4, 0.5) is 0 Å². The highest BCUT2D eigenvalue weighted by molar-refractivity contribution is 6.00. The molecule has 2 amide bonds. The average molecular weight is 254 g/mol. The van der Waals surface area contributed by atoms with Gasteiger partial charge in [-0.2, -0.15) is 0 Å². The quantitative estimate of drug-likeness (QED) is 0.559. The Bertz CT molecular complexity index is 292. The lowest BCUT2D eigenvalue weighted by Gasteiger charge is -2.30. The van der Waals surface area contributed by atoms with Crippen molar-refractivity contribution in [3.63, 3.8) is 0 Å². The Labute approximate surface area is 110 Å². The zero-order valence-corrected chi connectivity index (χ0v) is 11.9. The number of amides is 2. The summed E-state index contributed by atoms with van der Waals surface area (Å²) >= 11 is 0. The summed E-state index contributed by atoms with van der Waals surface area (Å²) < 4.78 is 0. The second-order valence-corrected chi connectivity index (χ2v) is 5.30. The van der Waals surface area contributed by atoms with E-state index in [9.17, 15) is 9.59 Å². The predicted octanol–water partition coefficient (Wildman–Crippen LogP) is 2.08. The van der Waals surface area contributed by atoms with Gasteiger partial charge in [0.25, 0.3) is 0 Å². The van der Waals surface area contributed by atoms with E-state index in [1.165, 1.54) is 30.6 Å². The van der Waals surface area contributed by atoms with E-state index >= 15 is 0 Å². The van der Waals surface area contributed by atoms with Gasteiger partial charge in [0, 0.05) is 19.5 Å². The molecule has 4 heteroatoms. The van der Waals surface area contributed by atoms with E-state index in [2.05, 4.69) is 19.2 Å². The Morgan fingerprint density at radius 1 is 1.33 bits per heavy atom. The minimum Gasteiger partial charge on any atom is -0.303 e. The van der Waals surface area contributed by atoms with Crippen molar-refractivity contribution in [2.45, 2.75) is 70.9 Å². The van der Waals surface area contributed by atoms with Gasteiger partial charge in [-0.25, -0.2) is 0 Å². The van der Waals surface area contributed by atoms with Crippen LogP contribution in [0.15, 0.2) is 0 Å². The standard InChI is InChI=1S/C14H26N2O2/c1-4-5-6-7-8-11(2)15-12-9-10-13(17)16(3)14(12)18/h11-12,15H,4-10H2,1-3H3. The third-order valence-electron chi connectivity index (χ3n) is 3.63. The fourth-order valence-electron chi connectivity index (χ4n) is 2.37. The largest absolute Gasteiger partial charge is 0.303 e. The average Bonchev–Trinajstić information content (AvgIpc) is 2.35. The maximum Gasteiger partial charge on any atom is 0.246 e. The predicted molar refractivity (Wildman–Crippen MR) is 72.2 cm³/mol. The van der Waals surface area contributed by atoms with E-state index in [0.29, 0.717) is 18.9 Å². The number of carbonyl (C=O) groups is 2. The first-order chi connectivity index (χ1) is 8.56. The number of imide groups is 1. The van der Waals surface area contributed by atoms with Gasteiger partial charge >= 0.3 is 0 Å². The fourth-order valence-corrected chi connectivity index (χ4v) is 2.37. The molecule has 0 aromatic heterocycles. The Hall–Kier alpha value is -0.900. The van der Waals surface area contributed by atoms with Crippen LogP contribution in [0.5, 0.6) is 0 Å². The van der Waals surface area contributed by atoms with E-state index in [1.54, 1.807) is 7.05 Å². The highest BCUT2D eigenvalue weighted by atomic mass is 16.2. The van der Waals surface area contributed by atoms with Gasteiger partial charge in [-0.1, -0.05) is 32.6 Å². The van der Waals surface area contributed by atoms with Crippen LogP contribution in [0, 0.1) is 0 Å². The number of nitrogens with zero attached hydrogens (tertiary/aromatic N) is 1. The zero-order chi connectivity index (χ0) is 13.5. The second kappa shape index (κ2) is 7.52. The molecule has 1 heterocycles. The Kier molecular flexibility index (Phi) is 6.33. The smallest absolute Gasteiger partial charge is 0.246 e. The molecule has 2 atom stereocenters. The summed E-state index contributed by atoms with van der Waals surface area (Å²) in [5.41, 5.74) is 0. The van der Waals surface area contributed by atoms with Crippen LogP contribution in [0.25, 0.3) is 0 Å². The highest BCUT2D eigenvalue weighted by Gasteiger charge is 2.31. The van der Waals surface area contributed by atoms with Gasteiger partial charge in [0.15, 0.2) is 0 Å². The van der Waals surface area contributed by atoms with E-state index in [0.717, 1.165) is 6.42 Å². The van der Waals surface area contributed by atoms with Gasteiger partial charge in [-0.3, -0.25) is 14.5 Å². The van der Waals surface area contributed by atoms with Crippen LogP contribution in [0.2, 0.25) is 0 Å². The Morgan fingerprint density at radius 3 is 2.72 bits per heavy atom. The maximum absolute atomic E-state index is 11.9. The highest BCUT2D eigenvalue weighted by Crippen LogP contribution is 2.13. The second-order valence-electron chi connectivity index (χ2n) is 5.30. The number of unbranched alkanes of at least 4 members (excludes halogenated alkanes) is 3. The molecule has 1 aliphatic rings. The van der Waals surface area contributed by atoms with Crippen molar-refractivity contribution in [1.82, 2.24) is 10.2 Å². The van der Waals surface area contributed by atoms with Crippen molar-refractivity contribution >= 4 is 11.8 Å². The number of carbonyl (C=O) groups excluding carboxylic acids is 2. The molecule has 1 N–H and O–H groups in total. The maximum atomic E-state index is 11.9. The molecule has 0 aliphatic carbocycles. The van der Waals surface area contributed by atoms with Crippen LogP contribution >= 0.6 is 0 Å². The van der Waals surface area contributed by atoms with Gasteiger partial charge in [0.2, 0.25) is 11.8 Å². The molecule has 1 fully saturated rings. The van der Waals surface area contributed by atoms with Crippen LogP contribution in [0.3, 0.4) is 0 Å². The molecule has 0 radical (unpaired) electrons. The first-order valence-corrected chi connectivity index (χ1v) is 7.12. The summed E-state index contributed by atoms with van der Waals surface area (Å²) in [5, 5.41) is 3.35. The molecular formula is C14H26N2O2. The molecule has 18 heavy (non-hydrogen) atoms. The summed E-state index contributed by atoms with van der Waals surface area (Å²) in [4.78, 5) is 24.5. The van der Waals surface area contributed by atoms with Crippen molar-refractivity contribution in [2.24, 2.45) is 0 Å². The van der Waals surface area contributed by atoms with E-state index in [4.69, 9.17) is 0 Å². The summed E-state index contributed by atoms with van der Waals surface area (Å²) in [6, 6.07) is 0.172. The van der Waals surface area contributed by atoms with E-state index in [-0.39, 0.29) is 17.9 Å². The summed E-state index contributed by atoms with van der Waals surface area (Å²) in [5.74, 6) is -0.139. The van der Waals surface area contributed by atoms with Gasteiger partial charge < -0.3 is 5.32 Å². The van der Waals surface area contributed by atoms with Crippen LogP contribution in [0.1, 0.15) is 58.8 Å². The summed E-state index contributed by atoms with van der Waals surface area (Å²) in [6.07, 6.45) is 7.21. The monoisotopic (exact) mass is 254 g/mol. The summed E-state index contributed by atoms with van der Waals surface area (Å²) in [7, 11) is 1.57. The van der Waals surface area contributed by atoms with E-state index < -0.39 is 0 Å². The van der Waals surface area contributed by atoms with Gasteiger partial charge in [-0.05, 0) is 19.8 Å². The normalized spacial score (nSPS) is 22.4. The number of rotatable bonds is 7. The van der Waals surface area contributed by atoms with Gasteiger partial charge in [-0.15, -0.1) is 0 Å². The SMILES string of the molecule is CCCCCCC(C)NC1CCC(=O)N(C)C1=O. The zero-order valence-electron chi connectivity index (χ0n) is 11.9. The first kappa shape index (κ1) is 15.2. The molecule has 0 spiro atoms. The van der Waals surface area contributed by atoms with Crippen molar-refractivity contribution in [2.75, 3.05) is 7.05 Å². The molecular weight excluding hydrogens is 228 g/mol. The number of nitrogens with one attached hydrogen (secondary N) is 1. The lowest BCUT2D eigenvalue weighted by atomic mass is 10.0. The van der Waals surface area contributed by atoms with Crippen LogP contribution in [-0.2, 0) is 9.59 Å². The molecule has 2 unspecified atom stereocenters. The number of hydrogen-bond acceptors (Lipinski definition) is 3. The third kappa shape index (κ3) is 4.41. The molecule has 104 valence electrons. The van der Waals surface area contributed by atoms with Crippen LogP contribution < -0.4 is 5.32 Å². The van der Waals surface area contributed by atoms with E-state index in [1.807, 2.05) is 0 Å². The lowest BCUT2D eigenvalue weighted by Crippen LogP contribution is -2.53. The topological polar surface area (TPSA) is 49.4 Å². The third-order valence-corrected chi connectivity index (χ3v) is 3.63. The first-order valence-electron chi connectivity index (χ1n) is 7.12. The molecule has 0 aromatic rings. The summed E-state index contributed by atoms with van der Waals surface area (Å²) in [6.45, 7) is 4.32. The van der Waals surface area contributed by atoms with Crippen molar-refractivity contribution < 1.29 is 9.59 Å². The molecule has 1 aliphatic heterocycles. The van der Waals surface area contributed by atoms with Crippen molar-refractivity contribution in [3.8, 4) is 0 Å². The molecule has 1 saturated heterocycles. The van der Waals surface area contributed by atoms with Crippen LogP contribution in [-0.4, -0.2) is 35.8 Å². The number of likely N-dealkylation sites (tertiary alicyclic amines) is 1. The number of hydrogen-bond donors (Lipinski definition) is 1. The molecule has 1 rings (SSSR count). The Balaban J connectivity index is 2.29. The number of likely N-dealkylation sites (N-methyl/N-ethyl adjacent to an activating group) is 1. The fraction of sp³-hybridized carbons (Fsp3) is 0.857. The minimum absolute atomic E-state index is 0.0614. The van der Waals surface area contributed by atoms with Gasteiger partial charge in [0.1, 0.15) is 0 Å². The minimum atomic E-state index is -0.172. The molecule has 0 aromatic carbocycles. The Morgan fingerprint density at radius 2 is 2.06 bits per heavy atom. The molecule has 0 bridgehead atoms.